The van der Waals surface area contributed by atoms with Gasteiger partial charge in [0.15, 0.2) is 0 Å². The van der Waals surface area contributed by atoms with Crippen molar-refractivity contribution in [1.82, 2.24) is 15.0 Å². The Morgan fingerprint density at radius 2 is 2.07 bits per heavy atom. The number of aliphatic hydroxyl groups excluding tert-OH is 1. The molecule has 0 amide bonds. The fourth-order valence-corrected chi connectivity index (χ4v) is 0.786. The molecule has 0 atom stereocenters. The van der Waals surface area contributed by atoms with E-state index in [1.54, 1.807) is 0 Å². The number of rotatable bonds is 6. The van der Waals surface area contributed by atoms with Crippen molar-refractivity contribution < 1.29 is 14.6 Å². The van der Waals surface area contributed by atoms with Crippen LogP contribution < -0.4 is 20.7 Å². The number of nitrogens with two attached hydrogens (primary N) is 1. The van der Waals surface area contributed by atoms with Crippen molar-refractivity contribution in [2.45, 2.75) is 6.42 Å². The minimum atomic E-state index is 0.0458. The number of methoxy groups -OCH3 is 1. The Morgan fingerprint density at radius 1 is 1.33 bits per heavy atom. The van der Waals surface area contributed by atoms with E-state index in [1.165, 1.54) is 7.11 Å². The molecule has 15 heavy (non-hydrogen) atoms. The highest BCUT2D eigenvalue weighted by Gasteiger charge is 2.06. The molecule has 0 saturated heterocycles. The van der Waals surface area contributed by atoms with Gasteiger partial charge in [0, 0.05) is 13.0 Å². The molecule has 1 aromatic heterocycles. The molecule has 0 unspecified atom stereocenters. The van der Waals surface area contributed by atoms with Gasteiger partial charge in [0.05, 0.1) is 13.7 Å². The van der Waals surface area contributed by atoms with Crippen LogP contribution in [0.1, 0.15) is 6.42 Å². The maximum Gasteiger partial charge on any atom is 0.324 e. The summed E-state index contributed by atoms with van der Waals surface area (Å²) in [5, 5.41) is 8.56. The third-order valence-electron chi connectivity index (χ3n) is 1.44. The predicted molar refractivity (Wildman–Crippen MR) is 51.4 cm³/mol. The zero-order valence-electron chi connectivity index (χ0n) is 8.30. The summed E-state index contributed by atoms with van der Waals surface area (Å²) < 4.78 is 9.95. The minimum absolute atomic E-state index is 0.0458. The first-order valence-electron chi connectivity index (χ1n) is 4.30. The summed E-state index contributed by atoms with van der Waals surface area (Å²) in [6, 6.07) is 0.209. The van der Waals surface area contributed by atoms with Crippen molar-refractivity contribution in [2.24, 2.45) is 5.84 Å². The van der Waals surface area contributed by atoms with Crippen molar-refractivity contribution in [1.29, 1.82) is 0 Å². The van der Waals surface area contributed by atoms with E-state index < -0.39 is 0 Å². The molecule has 0 fully saturated rings. The summed E-state index contributed by atoms with van der Waals surface area (Å²) in [4.78, 5) is 11.4. The van der Waals surface area contributed by atoms with Crippen LogP contribution in [0.15, 0.2) is 0 Å². The number of hydrazine groups is 1. The van der Waals surface area contributed by atoms with Crippen molar-refractivity contribution in [3.8, 4) is 12.0 Å². The summed E-state index contributed by atoms with van der Waals surface area (Å²) in [6.45, 7) is 0.359. The van der Waals surface area contributed by atoms with Gasteiger partial charge in [0.2, 0.25) is 5.95 Å². The summed E-state index contributed by atoms with van der Waals surface area (Å²) in [6.07, 6.45) is 0.499. The monoisotopic (exact) mass is 215 g/mol. The van der Waals surface area contributed by atoms with E-state index in [2.05, 4.69) is 20.4 Å². The number of hydrogen-bond donors (Lipinski definition) is 3. The maximum atomic E-state index is 8.56. The lowest BCUT2D eigenvalue weighted by Crippen LogP contribution is -2.13. The second kappa shape index (κ2) is 5.94. The molecule has 1 rings (SSSR count). The fraction of sp³-hybridized carbons (Fsp3) is 0.571. The largest absolute Gasteiger partial charge is 0.467 e. The van der Waals surface area contributed by atoms with Gasteiger partial charge in [-0.1, -0.05) is 0 Å². The van der Waals surface area contributed by atoms with Crippen molar-refractivity contribution >= 4 is 5.95 Å². The number of nitrogens with one attached hydrogen (secondary N) is 1. The van der Waals surface area contributed by atoms with Crippen LogP contribution in [0.3, 0.4) is 0 Å². The van der Waals surface area contributed by atoms with Gasteiger partial charge in [-0.15, -0.1) is 4.98 Å². The van der Waals surface area contributed by atoms with E-state index in [1.807, 2.05) is 0 Å². The predicted octanol–water partition coefficient (Wildman–Crippen LogP) is -1.07. The highest BCUT2D eigenvalue weighted by molar-refractivity contribution is 5.25. The zero-order chi connectivity index (χ0) is 11.1. The molecule has 0 aliphatic carbocycles. The molecule has 0 saturated carbocycles. The topological polar surface area (TPSA) is 115 Å². The van der Waals surface area contributed by atoms with Gasteiger partial charge in [-0.25, -0.2) is 5.84 Å². The molecule has 1 aromatic rings. The molecule has 1 heterocycles. The molecular formula is C7H13N5O3. The van der Waals surface area contributed by atoms with Crippen molar-refractivity contribution in [2.75, 3.05) is 25.7 Å². The number of nitrogens with zero attached hydrogens (tertiary/aromatic N) is 3. The highest BCUT2D eigenvalue weighted by atomic mass is 16.5. The van der Waals surface area contributed by atoms with Gasteiger partial charge in [0.1, 0.15) is 0 Å². The van der Waals surface area contributed by atoms with E-state index in [0.29, 0.717) is 13.0 Å². The lowest BCUT2D eigenvalue weighted by atomic mass is 10.5. The lowest BCUT2D eigenvalue weighted by molar-refractivity contribution is 0.221. The van der Waals surface area contributed by atoms with Crippen LogP contribution in [0.5, 0.6) is 12.0 Å². The van der Waals surface area contributed by atoms with Gasteiger partial charge >= 0.3 is 12.0 Å². The number of nitrogen functional groups attached to an aromatic ring is 1. The van der Waals surface area contributed by atoms with Gasteiger partial charge < -0.3 is 14.6 Å². The third-order valence-corrected chi connectivity index (χ3v) is 1.44. The smallest absolute Gasteiger partial charge is 0.324 e. The Kier molecular flexibility index (Phi) is 4.51. The summed E-state index contributed by atoms with van der Waals surface area (Å²) >= 11 is 0. The first kappa shape index (κ1) is 11.4. The van der Waals surface area contributed by atoms with Crippen LogP contribution >= 0.6 is 0 Å². The minimum Gasteiger partial charge on any atom is -0.467 e. The van der Waals surface area contributed by atoms with Crippen LogP contribution in [-0.4, -0.2) is 40.4 Å². The second-order valence-corrected chi connectivity index (χ2v) is 2.50. The molecule has 0 spiro atoms. The molecular weight excluding hydrogens is 202 g/mol. The van der Waals surface area contributed by atoms with E-state index >= 15 is 0 Å². The Labute approximate surface area is 86.4 Å². The standard InChI is InChI=1S/C7H13N5O3/c1-14-6-9-5(12-8)10-7(11-6)15-4-2-3-13/h13H,2-4,8H2,1H3,(H,9,10,11,12). The number of ether oxygens (including phenoxy) is 2. The first-order valence-corrected chi connectivity index (χ1v) is 4.30. The van der Waals surface area contributed by atoms with Crippen molar-refractivity contribution in [3.63, 3.8) is 0 Å². The van der Waals surface area contributed by atoms with Crippen LogP contribution in [0, 0.1) is 0 Å². The van der Waals surface area contributed by atoms with Crippen molar-refractivity contribution in [3.05, 3.63) is 0 Å². The quantitative estimate of drug-likeness (QED) is 0.312. The molecule has 84 valence electrons. The average molecular weight is 215 g/mol. The van der Waals surface area contributed by atoms with Gasteiger partial charge in [-0.3, -0.25) is 5.43 Å². The average Bonchev–Trinajstić information content (AvgIpc) is 2.29. The van der Waals surface area contributed by atoms with Crippen LogP contribution in [0.25, 0.3) is 0 Å². The van der Waals surface area contributed by atoms with Crippen LogP contribution in [-0.2, 0) is 0 Å². The third kappa shape index (κ3) is 3.52. The molecule has 8 heteroatoms. The number of aliphatic hydroxyl groups is 1. The second-order valence-electron chi connectivity index (χ2n) is 2.50. The van der Waals surface area contributed by atoms with Gasteiger partial charge in [-0.2, -0.15) is 9.97 Å². The first-order chi connectivity index (χ1) is 7.30. The van der Waals surface area contributed by atoms with E-state index in [-0.39, 0.29) is 24.6 Å². The molecule has 0 aliphatic heterocycles. The summed E-state index contributed by atoms with van der Waals surface area (Å²) in [7, 11) is 1.42. The lowest BCUT2D eigenvalue weighted by Gasteiger charge is -2.06. The maximum absolute atomic E-state index is 8.56. The molecule has 0 radical (unpaired) electrons. The van der Waals surface area contributed by atoms with Gasteiger partial charge in [-0.05, 0) is 0 Å². The van der Waals surface area contributed by atoms with Crippen LogP contribution in [0.4, 0.5) is 5.95 Å². The molecule has 0 bridgehead atoms. The Hall–Kier alpha value is -1.67. The molecule has 0 aliphatic rings. The van der Waals surface area contributed by atoms with E-state index in [9.17, 15) is 0 Å². The zero-order valence-corrected chi connectivity index (χ0v) is 8.30. The number of anilines is 1. The Morgan fingerprint density at radius 3 is 2.67 bits per heavy atom. The molecule has 8 nitrogen and oxygen atoms in total. The van der Waals surface area contributed by atoms with E-state index in [0.717, 1.165) is 0 Å². The summed E-state index contributed by atoms with van der Waals surface area (Å²) in [5.74, 6) is 5.30. The van der Waals surface area contributed by atoms with E-state index in [4.69, 9.17) is 20.4 Å². The Balaban J connectivity index is 2.68. The van der Waals surface area contributed by atoms with Gasteiger partial charge in [0.25, 0.3) is 0 Å². The summed E-state index contributed by atoms with van der Waals surface area (Å²) in [5.41, 5.74) is 2.26. The highest BCUT2D eigenvalue weighted by Crippen LogP contribution is 2.11. The molecule has 4 N–H and O–H groups in total. The normalized spacial score (nSPS) is 9.80. The number of hydrogen-bond acceptors (Lipinski definition) is 8. The SMILES string of the molecule is COc1nc(NN)nc(OCCCO)n1. The molecule has 0 aromatic carbocycles. The van der Waals surface area contributed by atoms with Crippen LogP contribution in [0.2, 0.25) is 0 Å². The Bertz CT molecular complexity index is 286. The number of aromatic nitrogens is 3. The fourth-order valence-electron chi connectivity index (χ4n) is 0.786.